The van der Waals surface area contributed by atoms with Crippen LogP contribution in [0.2, 0.25) is 0 Å². The molecule has 31 heavy (non-hydrogen) atoms. The summed E-state index contributed by atoms with van der Waals surface area (Å²) in [6.07, 6.45) is 4.52. The van der Waals surface area contributed by atoms with Crippen LogP contribution in [0.15, 0.2) is 84.9 Å². The molecular formula is C26H22FN3O. The van der Waals surface area contributed by atoms with Crippen molar-refractivity contribution in [2.75, 3.05) is 11.4 Å². The van der Waals surface area contributed by atoms with Gasteiger partial charge in [-0.25, -0.2) is 9.37 Å². The molecule has 1 fully saturated rings. The minimum atomic E-state index is -0.379. The van der Waals surface area contributed by atoms with Crippen molar-refractivity contribution < 1.29 is 9.18 Å². The van der Waals surface area contributed by atoms with Crippen LogP contribution in [0.1, 0.15) is 23.7 Å². The number of hydrogen-bond acceptors (Lipinski definition) is 2. The predicted molar refractivity (Wildman–Crippen MR) is 121 cm³/mol. The van der Waals surface area contributed by atoms with Gasteiger partial charge < -0.3 is 9.47 Å². The fourth-order valence-electron chi connectivity index (χ4n) is 4.24. The number of imidazole rings is 1. The summed E-state index contributed by atoms with van der Waals surface area (Å²) >= 11 is 0. The summed E-state index contributed by atoms with van der Waals surface area (Å²) in [6, 6.07) is 24.6. The van der Waals surface area contributed by atoms with E-state index in [2.05, 4.69) is 28.9 Å². The molecule has 4 aromatic rings. The number of fused-ring (bicyclic) bond motifs is 1. The van der Waals surface area contributed by atoms with Crippen molar-refractivity contribution >= 4 is 28.7 Å². The van der Waals surface area contributed by atoms with Crippen LogP contribution in [0.25, 0.3) is 17.1 Å². The Morgan fingerprint density at radius 3 is 2.55 bits per heavy atom. The Morgan fingerprint density at radius 1 is 0.968 bits per heavy atom. The lowest BCUT2D eigenvalue weighted by Gasteiger charge is -2.17. The van der Waals surface area contributed by atoms with E-state index in [1.54, 1.807) is 23.1 Å². The molecule has 1 amide bonds. The van der Waals surface area contributed by atoms with Gasteiger partial charge in [0.1, 0.15) is 11.6 Å². The molecule has 3 aromatic carbocycles. The van der Waals surface area contributed by atoms with Gasteiger partial charge in [-0.2, -0.15) is 0 Å². The SMILES string of the molecule is O=C1CC(c2nc3ccccc3n2C/C=C/c2ccccc2)CN1c1ccccc1F. The molecule has 1 aromatic heterocycles. The summed E-state index contributed by atoms with van der Waals surface area (Å²) in [7, 11) is 0. The highest BCUT2D eigenvalue weighted by molar-refractivity contribution is 5.96. The molecule has 0 N–H and O–H groups in total. The number of benzene rings is 3. The number of allylic oxidation sites excluding steroid dienone is 1. The van der Waals surface area contributed by atoms with E-state index >= 15 is 0 Å². The first-order chi connectivity index (χ1) is 15.2. The molecule has 0 aliphatic carbocycles. The van der Waals surface area contributed by atoms with Crippen LogP contribution in [-0.2, 0) is 11.3 Å². The van der Waals surface area contributed by atoms with Gasteiger partial charge in [-0.05, 0) is 29.8 Å². The Bertz CT molecular complexity index is 1260. The maximum Gasteiger partial charge on any atom is 0.227 e. The fourth-order valence-corrected chi connectivity index (χ4v) is 4.24. The van der Waals surface area contributed by atoms with Gasteiger partial charge in [0.15, 0.2) is 0 Å². The molecule has 1 aliphatic heterocycles. The first kappa shape index (κ1) is 19.2. The molecule has 0 radical (unpaired) electrons. The maximum absolute atomic E-state index is 14.3. The highest BCUT2D eigenvalue weighted by Gasteiger charge is 2.35. The third-order valence-electron chi connectivity index (χ3n) is 5.72. The van der Waals surface area contributed by atoms with E-state index in [1.807, 2.05) is 42.5 Å². The molecule has 1 saturated heterocycles. The number of amides is 1. The molecule has 2 heterocycles. The third-order valence-corrected chi connectivity index (χ3v) is 5.72. The van der Waals surface area contributed by atoms with E-state index in [0.29, 0.717) is 25.2 Å². The normalized spacial score (nSPS) is 16.6. The van der Waals surface area contributed by atoms with Gasteiger partial charge in [-0.1, -0.05) is 66.7 Å². The molecule has 0 bridgehead atoms. The Hall–Kier alpha value is -3.73. The minimum absolute atomic E-state index is 0.0754. The average Bonchev–Trinajstić information content (AvgIpc) is 3.35. The Labute approximate surface area is 180 Å². The van der Waals surface area contributed by atoms with Crippen molar-refractivity contribution in [3.63, 3.8) is 0 Å². The van der Waals surface area contributed by atoms with Gasteiger partial charge in [0.25, 0.3) is 0 Å². The van der Waals surface area contributed by atoms with E-state index in [0.717, 1.165) is 22.4 Å². The Balaban J connectivity index is 1.47. The lowest BCUT2D eigenvalue weighted by molar-refractivity contribution is -0.117. The van der Waals surface area contributed by atoms with Gasteiger partial charge >= 0.3 is 0 Å². The predicted octanol–water partition coefficient (Wildman–Crippen LogP) is 5.41. The van der Waals surface area contributed by atoms with E-state index in [1.165, 1.54) is 6.07 Å². The quantitative estimate of drug-likeness (QED) is 0.440. The molecule has 5 rings (SSSR count). The molecule has 1 unspecified atom stereocenters. The van der Waals surface area contributed by atoms with Crippen LogP contribution in [-0.4, -0.2) is 22.0 Å². The number of para-hydroxylation sites is 3. The smallest absolute Gasteiger partial charge is 0.227 e. The second-order valence-corrected chi connectivity index (χ2v) is 7.74. The summed E-state index contributed by atoms with van der Waals surface area (Å²) < 4.78 is 16.5. The minimum Gasteiger partial charge on any atom is -0.324 e. The first-order valence-corrected chi connectivity index (χ1v) is 10.4. The molecule has 5 heteroatoms. The fraction of sp³-hybridized carbons (Fsp3) is 0.154. The summed E-state index contributed by atoms with van der Waals surface area (Å²) in [6.45, 7) is 1.07. The van der Waals surface area contributed by atoms with Crippen molar-refractivity contribution in [3.8, 4) is 0 Å². The van der Waals surface area contributed by atoms with Gasteiger partial charge in [-0.15, -0.1) is 0 Å². The highest BCUT2D eigenvalue weighted by atomic mass is 19.1. The lowest BCUT2D eigenvalue weighted by Crippen LogP contribution is -2.25. The van der Waals surface area contributed by atoms with Gasteiger partial charge in [0.2, 0.25) is 5.91 Å². The summed E-state index contributed by atoms with van der Waals surface area (Å²) in [5.74, 6) is 0.320. The van der Waals surface area contributed by atoms with Crippen molar-refractivity contribution in [2.24, 2.45) is 0 Å². The molecule has 0 spiro atoms. The summed E-state index contributed by atoms with van der Waals surface area (Å²) in [5.41, 5.74) is 3.41. The number of aromatic nitrogens is 2. The first-order valence-electron chi connectivity index (χ1n) is 10.4. The second-order valence-electron chi connectivity index (χ2n) is 7.74. The number of hydrogen-bond donors (Lipinski definition) is 0. The zero-order valence-electron chi connectivity index (χ0n) is 17.0. The molecular weight excluding hydrogens is 389 g/mol. The largest absolute Gasteiger partial charge is 0.324 e. The van der Waals surface area contributed by atoms with Crippen LogP contribution in [0.3, 0.4) is 0 Å². The number of nitrogens with zero attached hydrogens (tertiary/aromatic N) is 3. The van der Waals surface area contributed by atoms with Gasteiger partial charge in [0.05, 0.1) is 16.7 Å². The van der Waals surface area contributed by atoms with E-state index < -0.39 is 0 Å². The van der Waals surface area contributed by atoms with Crippen LogP contribution in [0.4, 0.5) is 10.1 Å². The number of carbonyl (C=O) groups excluding carboxylic acids is 1. The number of carbonyl (C=O) groups is 1. The molecule has 1 atom stereocenters. The number of halogens is 1. The summed E-state index contributed by atoms with van der Waals surface area (Å²) in [4.78, 5) is 19.2. The molecule has 0 saturated carbocycles. The van der Waals surface area contributed by atoms with Gasteiger partial charge in [0, 0.05) is 25.4 Å². The lowest BCUT2D eigenvalue weighted by atomic mass is 10.1. The highest BCUT2D eigenvalue weighted by Crippen LogP contribution is 2.34. The average molecular weight is 411 g/mol. The standard InChI is InChI=1S/C26H22FN3O/c27-21-12-4-6-14-23(21)30-18-20(17-25(30)31)26-28-22-13-5-7-15-24(22)29(26)16-8-11-19-9-2-1-3-10-19/h1-15,20H,16-18H2/b11-8+. The Kier molecular flexibility index (Phi) is 5.08. The zero-order valence-corrected chi connectivity index (χ0v) is 17.0. The van der Waals surface area contributed by atoms with Crippen LogP contribution in [0.5, 0.6) is 0 Å². The van der Waals surface area contributed by atoms with E-state index in [-0.39, 0.29) is 17.6 Å². The molecule has 1 aliphatic rings. The molecule has 154 valence electrons. The number of rotatable bonds is 5. The molecule has 4 nitrogen and oxygen atoms in total. The zero-order chi connectivity index (χ0) is 21.2. The van der Waals surface area contributed by atoms with Crippen molar-refractivity contribution in [1.82, 2.24) is 9.55 Å². The van der Waals surface area contributed by atoms with Crippen LogP contribution < -0.4 is 4.90 Å². The van der Waals surface area contributed by atoms with E-state index in [9.17, 15) is 9.18 Å². The topological polar surface area (TPSA) is 38.1 Å². The van der Waals surface area contributed by atoms with Gasteiger partial charge in [-0.3, -0.25) is 4.79 Å². The third kappa shape index (κ3) is 3.75. The monoisotopic (exact) mass is 411 g/mol. The Morgan fingerprint density at radius 2 is 1.71 bits per heavy atom. The van der Waals surface area contributed by atoms with E-state index in [4.69, 9.17) is 4.98 Å². The van der Waals surface area contributed by atoms with Crippen LogP contribution >= 0.6 is 0 Å². The van der Waals surface area contributed by atoms with Crippen LogP contribution in [0, 0.1) is 5.82 Å². The number of anilines is 1. The second kappa shape index (κ2) is 8.19. The van der Waals surface area contributed by atoms with Crippen molar-refractivity contribution in [2.45, 2.75) is 18.9 Å². The summed E-state index contributed by atoms with van der Waals surface area (Å²) in [5, 5.41) is 0. The maximum atomic E-state index is 14.3. The van der Waals surface area contributed by atoms with Crippen molar-refractivity contribution in [1.29, 1.82) is 0 Å². The van der Waals surface area contributed by atoms with Crippen molar-refractivity contribution in [3.05, 3.63) is 102 Å².